The Bertz CT molecular complexity index is 333. The first-order valence-electron chi connectivity index (χ1n) is 5.25. The van der Waals surface area contributed by atoms with Crippen molar-refractivity contribution in [2.75, 3.05) is 19.6 Å². The van der Waals surface area contributed by atoms with E-state index < -0.39 is 26.7 Å². The minimum Gasteiger partial charge on any atom is -0.367 e. The van der Waals surface area contributed by atoms with Crippen LogP contribution >= 0.6 is 15.2 Å². The SMILES string of the molecule is O=P(O)(O)C(O)(CC[NH+]1CCCC1)P(=O)(O)O. The number of likely N-dealkylation sites (tertiary alicyclic amines) is 1. The molecule has 0 bridgehead atoms. The Morgan fingerprint density at radius 2 is 1.41 bits per heavy atom. The highest BCUT2D eigenvalue weighted by Gasteiger charge is 2.59. The van der Waals surface area contributed by atoms with Gasteiger partial charge < -0.3 is 29.6 Å². The summed E-state index contributed by atoms with van der Waals surface area (Å²) in [7, 11) is -10.6. The minimum atomic E-state index is -5.29. The molecule has 1 aliphatic rings. The van der Waals surface area contributed by atoms with E-state index in [4.69, 9.17) is 19.6 Å². The lowest BCUT2D eigenvalue weighted by Crippen LogP contribution is -3.10. The van der Waals surface area contributed by atoms with Crippen LogP contribution in [0.2, 0.25) is 0 Å². The second-order valence-corrected chi connectivity index (χ2v) is 8.33. The molecule has 0 saturated carbocycles. The third-order valence-corrected chi connectivity index (χ3v) is 6.93. The average molecular weight is 290 g/mol. The average Bonchev–Trinajstić information content (AvgIpc) is 2.62. The molecular formula is C7H18NO7P2+. The molecule has 1 rings (SSSR count). The lowest BCUT2D eigenvalue weighted by Gasteiger charge is -2.29. The molecule has 0 aliphatic carbocycles. The molecule has 1 fully saturated rings. The summed E-state index contributed by atoms with van der Waals surface area (Å²) >= 11 is 0. The molecule has 0 aromatic rings. The molecule has 17 heavy (non-hydrogen) atoms. The van der Waals surface area contributed by atoms with Crippen molar-refractivity contribution in [3.8, 4) is 0 Å². The van der Waals surface area contributed by atoms with Gasteiger partial charge in [0.15, 0.2) is 0 Å². The van der Waals surface area contributed by atoms with E-state index in [-0.39, 0.29) is 6.54 Å². The molecule has 1 saturated heterocycles. The zero-order valence-electron chi connectivity index (χ0n) is 9.19. The molecule has 0 amide bonds. The molecule has 10 heteroatoms. The van der Waals surface area contributed by atoms with Crippen molar-refractivity contribution in [1.29, 1.82) is 0 Å². The van der Waals surface area contributed by atoms with Crippen LogP contribution in [0.3, 0.4) is 0 Å². The maximum atomic E-state index is 11.0. The Morgan fingerprint density at radius 3 is 1.76 bits per heavy atom. The first-order chi connectivity index (χ1) is 7.58. The standard InChI is InChI=1S/C7H17NO7P2/c9-7(16(10,11)12,17(13,14)15)3-6-8-4-1-2-5-8/h9H,1-6H2,(H2,10,11,12)(H2,13,14,15)/p+1. The van der Waals surface area contributed by atoms with Crippen molar-refractivity contribution in [2.24, 2.45) is 0 Å². The van der Waals surface area contributed by atoms with Crippen LogP contribution in [0.25, 0.3) is 0 Å². The van der Waals surface area contributed by atoms with Gasteiger partial charge in [-0.2, -0.15) is 0 Å². The molecule has 1 heterocycles. The molecule has 0 radical (unpaired) electrons. The second kappa shape index (κ2) is 5.07. The molecule has 8 nitrogen and oxygen atoms in total. The number of rotatable bonds is 5. The maximum Gasteiger partial charge on any atom is 0.369 e. The summed E-state index contributed by atoms with van der Waals surface area (Å²) in [6.07, 6.45) is 1.33. The first-order valence-corrected chi connectivity index (χ1v) is 8.47. The van der Waals surface area contributed by atoms with E-state index in [1.807, 2.05) is 0 Å². The fourth-order valence-electron chi connectivity index (χ4n) is 1.93. The molecule has 0 atom stereocenters. The van der Waals surface area contributed by atoms with E-state index in [9.17, 15) is 14.2 Å². The molecule has 0 spiro atoms. The number of quaternary nitrogens is 1. The van der Waals surface area contributed by atoms with Gasteiger partial charge >= 0.3 is 15.2 Å². The fraction of sp³-hybridized carbons (Fsp3) is 1.00. The van der Waals surface area contributed by atoms with Crippen LogP contribution in [0, 0.1) is 0 Å². The van der Waals surface area contributed by atoms with Crippen LogP contribution in [0.5, 0.6) is 0 Å². The zero-order valence-corrected chi connectivity index (χ0v) is 11.0. The van der Waals surface area contributed by atoms with Gasteiger partial charge in [0.25, 0.3) is 5.08 Å². The molecule has 0 aromatic carbocycles. The van der Waals surface area contributed by atoms with Gasteiger partial charge in [0.2, 0.25) is 0 Å². The monoisotopic (exact) mass is 290 g/mol. The summed E-state index contributed by atoms with van der Waals surface area (Å²) in [4.78, 5) is 36.6. The predicted molar refractivity (Wildman–Crippen MR) is 58.5 cm³/mol. The van der Waals surface area contributed by atoms with Gasteiger partial charge in [0.05, 0.1) is 19.6 Å². The van der Waals surface area contributed by atoms with Crippen molar-refractivity contribution >= 4 is 15.2 Å². The Morgan fingerprint density at radius 1 is 1.00 bits per heavy atom. The van der Waals surface area contributed by atoms with E-state index >= 15 is 0 Å². The molecule has 0 aromatic heterocycles. The summed E-state index contributed by atoms with van der Waals surface area (Å²) in [6, 6.07) is 0. The number of hydrogen-bond donors (Lipinski definition) is 6. The van der Waals surface area contributed by atoms with E-state index in [2.05, 4.69) is 0 Å². The summed E-state index contributed by atoms with van der Waals surface area (Å²) in [5.74, 6) is 0. The van der Waals surface area contributed by atoms with Crippen LogP contribution in [-0.2, 0) is 9.13 Å². The number of nitrogens with one attached hydrogen (secondary N) is 1. The molecular weight excluding hydrogens is 272 g/mol. The lowest BCUT2D eigenvalue weighted by molar-refractivity contribution is -0.887. The fourth-order valence-corrected chi connectivity index (χ4v) is 4.09. The van der Waals surface area contributed by atoms with E-state index in [1.54, 1.807) is 0 Å². The molecule has 6 N–H and O–H groups in total. The van der Waals surface area contributed by atoms with Crippen LogP contribution in [0.1, 0.15) is 19.3 Å². The van der Waals surface area contributed by atoms with Crippen molar-refractivity contribution < 1.29 is 38.7 Å². The topological polar surface area (TPSA) is 140 Å². The highest BCUT2D eigenvalue weighted by atomic mass is 31.2. The van der Waals surface area contributed by atoms with E-state index in [0.29, 0.717) is 0 Å². The van der Waals surface area contributed by atoms with Crippen LogP contribution in [0.15, 0.2) is 0 Å². The van der Waals surface area contributed by atoms with Crippen molar-refractivity contribution in [3.05, 3.63) is 0 Å². The maximum absolute atomic E-state index is 11.0. The largest absolute Gasteiger partial charge is 0.369 e. The first kappa shape index (κ1) is 15.3. The van der Waals surface area contributed by atoms with Gasteiger partial charge in [0.1, 0.15) is 0 Å². The van der Waals surface area contributed by atoms with Gasteiger partial charge in [0, 0.05) is 19.3 Å². The van der Waals surface area contributed by atoms with Crippen molar-refractivity contribution in [1.82, 2.24) is 0 Å². The number of hydrogen-bond acceptors (Lipinski definition) is 3. The third kappa shape index (κ3) is 3.36. The van der Waals surface area contributed by atoms with E-state index in [1.165, 1.54) is 0 Å². The summed E-state index contributed by atoms with van der Waals surface area (Å²) < 4.78 is 22.1. The van der Waals surface area contributed by atoms with Crippen LogP contribution in [-0.4, -0.2) is 49.4 Å². The van der Waals surface area contributed by atoms with Crippen LogP contribution < -0.4 is 4.90 Å². The lowest BCUT2D eigenvalue weighted by atomic mass is 10.4. The smallest absolute Gasteiger partial charge is 0.367 e. The summed E-state index contributed by atoms with van der Waals surface area (Å²) in [5, 5.41) is 6.35. The van der Waals surface area contributed by atoms with Crippen LogP contribution in [0.4, 0.5) is 0 Å². The van der Waals surface area contributed by atoms with Gasteiger partial charge in [-0.1, -0.05) is 0 Å². The van der Waals surface area contributed by atoms with E-state index in [0.717, 1.165) is 30.8 Å². The molecule has 1 aliphatic heterocycles. The Labute approximate surface area is 98.6 Å². The predicted octanol–water partition coefficient (Wildman–Crippen LogP) is -1.94. The highest BCUT2D eigenvalue weighted by Crippen LogP contribution is 2.68. The summed E-state index contributed by atoms with van der Waals surface area (Å²) in [6.45, 7) is 1.71. The van der Waals surface area contributed by atoms with Gasteiger partial charge in [-0.15, -0.1) is 0 Å². The van der Waals surface area contributed by atoms with Crippen molar-refractivity contribution in [3.63, 3.8) is 0 Å². The highest BCUT2D eigenvalue weighted by molar-refractivity contribution is 7.72. The Hall–Kier alpha value is 0.220. The van der Waals surface area contributed by atoms with Gasteiger partial charge in [-0.05, 0) is 0 Å². The van der Waals surface area contributed by atoms with Gasteiger partial charge in [-0.3, -0.25) is 9.13 Å². The quantitative estimate of drug-likeness (QED) is 0.324. The molecule has 102 valence electrons. The second-order valence-electron chi connectivity index (χ2n) is 4.32. The third-order valence-electron chi connectivity index (χ3n) is 3.06. The minimum absolute atomic E-state index is 0.132. The Kier molecular flexibility index (Phi) is 4.56. The number of aliphatic hydroxyl groups is 1. The summed E-state index contributed by atoms with van der Waals surface area (Å²) in [5.41, 5.74) is 0. The molecule has 0 unspecified atom stereocenters. The van der Waals surface area contributed by atoms with Gasteiger partial charge in [-0.25, -0.2) is 0 Å². The zero-order chi connectivity index (χ0) is 13.3. The van der Waals surface area contributed by atoms with Crippen molar-refractivity contribution in [2.45, 2.75) is 24.3 Å². The normalized spacial score (nSPS) is 19.8. The Balaban J connectivity index is 2.78.